The minimum absolute atomic E-state index is 0.379. The number of benzene rings is 1. The molecule has 1 aromatic carbocycles. The number of carbonyl (C=O) groups is 1. The van der Waals surface area contributed by atoms with Gasteiger partial charge in [-0.15, -0.1) is 6.42 Å². The van der Waals surface area contributed by atoms with Crippen molar-refractivity contribution < 1.29 is 4.79 Å². The summed E-state index contributed by atoms with van der Waals surface area (Å²) in [5.41, 5.74) is 1.29. The van der Waals surface area contributed by atoms with Gasteiger partial charge < -0.3 is 5.32 Å². The summed E-state index contributed by atoms with van der Waals surface area (Å²) in [5, 5.41) is 7.00. The highest BCUT2D eigenvalue weighted by molar-refractivity contribution is 6.30. The summed E-state index contributed by atoms with van der Waals surface area (Å²) in [4.78, 5) is 11.1. The highest BCUT2D eigenvalue weighted by Gasteiger charge is 2.49. The lowest BCUT2D eigenvalue weighted by Gasteiger charge is -2.40. The van der Waals surface area contributed by atoms with Gasteiger partial charge in [0.25, 0.3) is 0 Å². The van der Waals surface area contributed by atoms with Crippen LogP contribution in [0.3, 0.4) is 0 Å². The summed E-state index contributed by atoms with van der Waals surface area (Å²) < 4.78 is 0. The van der Waals surface area contributed by atoms with Crippen LogP contribution >= 0.6 is 11.6 Å². The van der Waals surface area contributed by atoms with Crippen molar-refractivity contribution in [1.29, 1.82) is 0 Å². The summed E-state index contributed by atoms with van der Waals surface area (Å²) >= 11 is 6.06. The third kappa shape index (κ3) is 1.61. The Labute approximate surface area is 111 Å². The minimum atomic E-state index is -0.572. The second-order valence-corrected chi connectivity index (χ2v) is 5.26. The molecule has 1 heterocycles. The molecule has 2 unspecified atom stereocenters. The van der Waals surface area contributed by atoms with E-state index < -0.39 is 11.7 Å². The Morgan fingerprint density at radius 1 is 1.50 bits per heavy atom. The van der Waals surface area contributed by atoms with E-state index >= 15 is 0 Å². The molecule has 0 amide bonds. The van der Waals surface area contributed by atoms with Crippen LogP contribution in [0.25, 0.3) is 0 Å². The molecule has 0 bridgehead atoms. The third-order valence-electron chi connectivity index (χ3n) is 3.65. The lowest BCUT2D eigenvalue weighted by atomic mass is 9.82. The van der Waals surface area contributed by atoms with E-state index in [9.17, 15) is 4.79 Å². The van der Waals surface area contributed by atoms with Crippen molar-refractivity contribution in [2.24, 2.45) is 5.92 Å². The number of carbonyl (C=O) groups excluding carboxylic acids is 1. The average Bonchev–Trinajstić information content (AvgIpc) is 3.22. The molecular weight excluding hydrogens is 248 g/mol. The standard InChI is InChI=1S/C14H13ClN2O/c1-2-14(9-3-4-9)11-7-10(15)5-6-12(11)16-13(8-18)17-14/h1,5-9,13,16-17H,3-4H2. The molecule has 0 saturated heterocycles. The topological polar surface area (TPSA) is 41.1 Å². The normalized spacial score (nSPS) is 29.9. The molecule has 1 saturated carbocycles. The second kappa shape index (κ2) is 4.01. The lowest BCUT2D eigenvalue weighted by Crippen LogP contribution is -2.56. The number of aldehydes is 1. The predicted octanol–water partition coefficient (Wildman–Crippen LogP) is 2.12. The Morgan fingerprint density at radius 3 is 2.89 bits per heavy atom. The van der Waals surface area contributed by atoms with Crippen LogP contribution in [0.15, 0.2) is 18.2 Å². The smallest absolute Gasteiger partial charge is 0.157 e. The summed E-state index contributed by atoms with van der Waals surface area (Å²) in [7, 11) is 0. The van der Waals surface area contributed by atoms with Crippen LogP contribution in [0.2, 0.25) is 5.02 Å². The number of hydrogen-bond acceptors (Lipinski definition) is 3. The Balaban J connectivity index is 2.17. The number of nitrogens with one attached hydrogen (secondary N) is 2. The van der Waals surface area contributed by atoms with Gasteiger partial charge in [-0.05, 0) is 37.0 Å². The van der Waals surface area contributed by atoms with E-state index in [1.807, 2.05) is 12.1 Å². The lowest BCUT2D eigenvalue weighted by molar-refractivity contribution is -0.109. The van der Waals surface area contributed by atoms with Crippen LogP contribution in [0.5, 0.6) is 0 Å². The Morgan fingerprint density at radius 2 is 2.28 bits per heavy atom. The number of halogens is 1. The largest absolute Gasteiger partial charge is 0.364 e. The van der Waals surface area contributed by atoms with E-state index in [0.29, 0.717) is 10.9 Å². The maximum absolute atomic E-state index is 11.1. The monoisotopic (exact) mass is 260 g/mol. The molecule has 4 heteroatoms. The number of rotatable bonds is 2. The molecule has 1 aliphatic heterocycles. The van der Waals surface area contributed by atoms with Crippen molar-refractivity contribution in [3.63, 3.8) is 0 Å². The third-order valence-corrected chi connectivity index (χ3v) is 3.89. The van der Waals surface area contributed by atoms with Gasteiger partial charge in [-0.2, -0.15) is 0 Å². The van der Waals surface area contributed by atoms with Crippen LogP contribution in [-0.2, 0) is 10.3 Å². The van der Waals surface area contributed by atoms with E-state index in [4.69, 9.17) is 18.0 Å². The molecule has 2 atom stereocenters. The van der Waals surface area contributed by atoms with Crippen LogP contribution in [0.4, 0.5) is 5.69 Å². The van der Waals surface area contributed by atoms with E-state index in [0.717, 1.165) is 30.4 Å². The van der Waals surface area contributed by atoms with Crippen molar-refractivity contribution >= 4 is 23.6 Å². The zero-order chi connectivity index (χ0) is 12.8. The summed E-state index contributed by atoms with van der Waals surface area (Å²) in [5.74, 6) is 3.24. The van der Waals surface area contributed by atoms with Crippen molar-refractivity contribution in [2.75, 3.05) is 5.32 Å². The van der Waals surface area contributed by atoms with Crippen molar-refractivity contribution in [2.45, 2.75) is 24.5 Å². The fourth-order valence-electron chi connectivity index (χ4n) is 2.65. The van der Waals surface area contributed by atoms with Crippen molar-refractivity contribution in [3.05, 3.63) is 28.8 Å². The van der Waals surface area contributed by atoms with Crippen molar-refractivity contribution in [3.8, 4) is 12.3 Å². The van der Waals surface area contributed by atoms with Gasteiger partial charge in [0.2, 0.25) is 0 Å². The first-order valence-electron chi connectivity index (χ1n) is 5.97. The zero-order valence-corrected chi connectivity index (χ0v) is 10.5. The minimum Gasteiger partial charge on any atom is -0.364 e. The Kier molecular flexibility index (Phi) is 2.58. The van der Waals surface area contributed by atoms with Gasteiger partial charge >= 0.3 is 0 Å². The van der Waals surface area contributed by atoms with Crippen LogP contribution < -0.4 is 10.6 Å². The molecule has 3 rings (SSSR count). The maximum Gasteiger partial charge on any atom is 0.157 e. The molecule has 0 radical (unpaired) electrons. The molecule has 3 nitrogen and oxygen atoms in total. The number of anilines is 1. The van der Waals surface area contributed by atoms with Gasteiger partial charge in [-0.25, -0.2) is 0 Å². The first kappa shape index (κ1) is 11.6. The SMILES string of the molecule is C#CC1(C2CC2)NC(C=O)Nc2ccc(Cl)cc21. The molecule has 1 fully saturated rings. The quantitative estimate of drug-likeness (QED) is 0.632. The van der Waals surface area contributed by atoms with E-state index in [2.05, 4.69) is 16.6 Å². The van der Waals surface area contributed by atoms with Gasteiger partial charge in [0.05, 0.1) is 0 Å². The van der Waals surface area contributed by atoms with Crippen LogP contribution in [-0.4, -0.2) is 12.5 Å². The van der Waals surface area contributed by atoms with E-state index in [1.54, 1.807) is 6.07 Å². The summed E-state index contributed by atoms with van der Waals surface area (Å²) in [6.45, 7) is 0. The van der Waals surface area contributed by atoms with Gasteiger partial charge in [0.15, 0.2) is 6.29 Å². The fourth-order valence-corrected chi connectivity index (χ4v) is 2.83. The number of fused-ring (bicyclic) bond motifs is 1. The average molecular weight is 261 g/mol. The van der Waals surface area contributed by atoms with Crippen molar-refractivity contribution in [1.82, 2.24) is 5.32 Å². The Bertz CT molecular complexity index is 547. The zero-order valence-electron chi connectivity index (χ0n) is 9.74. The van der Waals surface area contributed by atoms with Gasteiger partial charge in [-0.1, -0.05) is 17.5 Å². The summed E-state index contributed by atoms with van der Waals surface area (Å²) in [6.07, 6.45) is 8.31. The molecule has 18 heavy (non-hydrogen) atoms. The molecule has 1 aromatic rings. The first-order valence-corrected chi connectivity index (χ1v) is 6.35. The maximum atomic E-state index is 11.1. The van der Waals surface area contributed by atoms with Gasteiger partial charge in [-0.3, -0.25) is 10.1 Å². The molecule has 0 spiro atoms. The molecule has 1 aliphatic carbocycles. The molecule has 92 valence electrons. The second-order valence-electron chi connectivity index (χ2n) is 4.82. The number of hydrogen-bond donors (Lipinski definition) is 2. The van der Waals surface area contributed by atoms with E-state index in [-0.39, 0.29) is 0 Å². The molecule has 2 N–H and O–H groups in total. The van der Waals surface area contributed by atoms with Gasteiger partial charge in [0.1, 0.15) is 11.7 Å². The Hall–Kier alpha value is -1.50. The molecule has 0 aromatic heterocycles. The molecule has 2 aliphatic rings. The molecular formula is C14H13ClN2O. The highest BCUT2D eigenvalue weighted by Crippen LogP contribution is 2.49. The van der Waals surface area contributed by atoms with Crippen LogP contribution in [0, 0.1) is 18.3 Å². The van der Waals surface area contributed by atoms with E-state index in [1.165, 1.54) is 0 Å². The fraction of sp³-hybridized carbons (Fsp3) is 0.357. The van der Waals surface area contributed by atoms with Gasteiger partial charge in [0, 0.05) is 16.3 Å². The summed E-state index contributed by atoms with van der Waals surface area (Å²) in [6, 6.07) is 5.56. The predicted molar refractivity (Wildman–Crippen MR) is 71.3 cm³/mol. The first-order chi connectivity index (χ1) is 8.69. The number of terminal acetylenes is 1. The highest BCUT2D eigenvalue weighted by atomic mass is 35.5. The van der Waals surface area contributed by atoms with Crippen LogP contribution in [0.1, 0.15) is 18.4 Å².